The Balaban J connectivity index is 2.01. The number of methoxy groups -OCH3 is 1. The molecule has 2 aromatic rings. The number of nitrogens with zero attached hydrogens (tertiary/aromatic N) is 1. The largest absolute Gasteiger partial charge is 0.468 e. The molecule has 0 aliphatic rings. The van der Waals surface area contributed by atoms with E-state index < -0.39 is 35.3 Å². The fourth-order valence-electron chi connectivity index (χ4n) is 3.65. The lowest BCUT2D eigenvalue weighted by atomic mass is 10.1. The number of nitrogens with one attached hydrogen (secondary N) is 1. The van der Waals surface area contributed by atoms with E-state index in [0.29, 0.717) is 25.3 Å². The number of hydrogen-bond donors (Lipinski definition) is 1. The number of ether oxygens (including phenoxy) is 3. The zero-order chi connectivity index (χ0) is 28.2. The zero-order valence-electron chi connectivity index (χ0n) is 22.3. The van der Waals surface area contributed by atoms with Gasteiger partial charge in [0.15, 0.2) is 0 Å². The van der Waals surface area contributed by atoms with E-state index >= 15 is 0 Å². The summed E-state index contributed by atoms with van der Waals surface area (Å²) < 4.78 is 55.8. The average Bonchev–Trinajstić information content (AvgIpc) is 2.86. The van der Waals surface area contributed by atoms with Gasteiger partial charge in [-0.15, -0.1) is 0 Å². The van der Waals surface area contributed by atoms with Crippen molar-refractivity contribution in [1.82, 2.24) is 5.32 Å². The molecule has 0 aliphatic carbocycles. The molecule has 1 atom stereocenters. The molecule has 2 aromatic carbocycles. The van der Waals surface area contributed by atoms with Crippen molar-refractivity contribution in [3.8, 4) is 0 Å². The number of benzene rings is 2. The number of carbonyl (C=O) groups is 2. The molecule has 7 nitrogen and oxygen atoms in total. The van der Waals surface area contributed by atoms with E-state index in [-0.39, 0.29) is 26.1 Å². The summed E-state index contributed by atoms with van der Waals surface area (Å²) in [5.74, 6) is -0.918. The first kappa shape index (κ1) is 31.1. The van der Waals surface area contributed by atoms with Crippen LogP contribution in [-0.2, 0) is 36.6 Å². The molecule has 0 aliphatic heterocycles. The zero-order valence-corrected chi connectivity index (χ0v) is 22.3. The van der Waals surface area contributed by atoms with Crippen molar-refractivity contribution < 1.29 is 37.0 Å². The molecule has 0 amide bonds. The smallest absolute Gasteiger partial charge is 0.416 e. The van der Waals surface area contributed by atoms with Gasteiger partial charge < -0.3 is 24.4 Å². The van der Waals surface area contributed by atoms with Gasteiger partial charge in [0.05, 0.1) is 25.7 Å². The SMILES string of the molecule is COC(=O)[C@@H](CCOCc1ccccc1)NCCN(CCC(=O)OC(C)(C)C)c1cccc(C(F)(F)F)c1. The van der Waals surface area contributed by atoms with E-state index in [1.165, 1.54) is 13.2 Å². The Morgan fingerprint density at radius 1 is 1.00 bits per heavy atom. The maximum absolute atomic E-state index is 13.3. The summed E-state index contributed by atoms with van der Waals surface area (Å²) in [4.78, 5) is 26.2. The minimum atomic E-state index is -4.50. The average molecular weight is 539 g/mol. The molecule has 38 heavy (non-hydrogen) atoms. The van der Waals surface area contributed by atoms with Gasteiger partial charge in [0, 0.05) is 31.9 Å². The predicted octanol–water partition coefficient (Wildman–Crippen LogP) is 4.98. The quantitative estimate of drug-likeness (QED) is 0.269. The maximum Gasteiger partial charge on any atom is 0.416 e. The molecule has 0 spiro atoms. The van der Waals surface area contributed by atoms with Gasteiger partial charge in [-0.2, -0.15) is 13.2 Å². The normalized spacial score (nSPS) is 12.6. The van der Waals surface area contributed by atoms with E-state index in [9.17, 15) is 22.8 Å². The van der Waals surface area contributed by atoms with Crippen molar-refractivity contribution in [3.63, 3.8) is 0 Å². The molecular formula is C28H37F3N2O5. The first-order chi connectivity index (χ1) is 17.9. The predicted molar refractivity (Wildman–Crippen MR) is 139 cm³/mol. The van der Waals surface area contributed by atoms with E-state index in [4.69, 9.17) is 14.2 Å². The third kappa shape index (κ3) is 11.5. The Labute approximate surface area is 222 Å². The summed E-state index contributed by atoms with van der Waals surface area (Å²) in [7, 11) is 1.29. The van der Waals surface area contributed by atoms with Crippen LogP contribution in [0.2, 0.25) is 0 Å². The van der Waals surface area contributed by atoms with Crippen molar-refractivity contribution in [2.75, 3.05) is 38.3 Å². The molecule has 0 saturated carbocycles. The van der Waals surface area contributed by atoms with Crippen molar-refractivity contribution in [2.24, 2.45) is 0 Å². The fraction of sp³-hybridized carbons (Fsp3) is 0.500. The van der Waals surface area contributed by atoms with Gasteiger partial charge in [0.2, 0.25) is 0 Å². The van der Waals surface area contributed by atoms with Crippen LogP contribution in [0.5, 0.6) is 0 Å². The Hall–Kier alpha value is -3.11. The van der Waals surface area contributed by atoms with Crippen LogP contribution in [0.4, 0.5) is 18.9 Å². The number of halogens is 3. The minimum absolute atomic E-state index is 0.0126. The van der Waals surface area contributed by atoms with Crippen LogP contribution in [0.3, 0.4) is 0 Å². The van der Waals surface area contributed by atoms with Gasteiger partial charge >= 0.3 is 18.1 Å². The number of alkyl halides is 3. The van der Waals surface area contributed by atoms with Crippen LogP contribution < -0.4 is 10.2 Å². The second kappa shape index (κ2) is 14.7. The summed E-state index contributed by atoms with van der Waals surface area (Å²) in [6, 6.07) is 13.9. The van der Waals surface area contributed by atoms with Gasteiger partial charge in [-0.05, 0) is 51.0 Å². The second-order valence-electron chi connectivity index (χ2n) is 9.73. The number of anilines is 1. The van der Waals surface area contributed by atoms with Crippen LogP contribution >= 0.6 is 0 Å². The summed E-state index contributed by atoms with van der Waals surface area (Å²) in [5, 5.41) is 3.11. The summed E-state index contributed by atoms with van der Waals surface area (Å²) >= 11 is 0. The highest BCUT2D eigenvalue weighted by Crippen LogP contribution is 2.31. The molecule has 1 N–H and O–H groups in total. The Morgan fingerprint density at radius 3 is 2.34 bits per heavy atom. The molecule has 0 saturated heterocycles. The number of rotatable bonds is 14. The van der Waals surface area contributed by atoms with Crippen LogP contribution in [0.25, 0.3) is 0 Å². The Bertz CT molecular complexity index is 1010. The van der Waals surface area contributed by atoms with Gasteiger partial charge in [0.1, 0.15) is 11.6 Å². The molecule has 0 fully saturated rings. The Kier molecular flexibility index (Phi) is 12.1. The third-order valence-corrected chi connectivity index (χ3v) is 5.47. The maximum atomic E-state index is 13.3. The summed E-state index contributed by atoms with van der Waals surface area (Å²) in [6.45, 7) is 6.58. The summed E-state index contributed by atoms with van der Waals surface area (Å²) in [6.07, 6.45) is -4.16. The van der Waals surface area contributed by atoms with Crippen LogP contribution in [-0.4, -0.2) is 56.9 Å². The van der Waals surface area contributed by atoms with Crippen molar-refractivity contribution in [1.29, 1.82) is 0 Å². The van der Waals surface area contributed by atoms with Crippen molar-refractivity contribution in [3.05, 3.63) is 65.7 Å². The monoisotopic (exact) mass is 538 g/mol. The second-order valence-corrected chi connectivity index (χ2v) is 9.73. The Morgan fingerprint density at radius 2 is 1.71 bits per heavy atom. The highest BCUT2D eigenvalue weighted by molar-refractivity contribution is 5.75. The lowest BCUT2D eigenvalue weighted by Crippen LogP contribution is -2.43. The number of hydrogen-bond acceptors (Lipinski definition) is 7. The first-order valence-electron chi connectivity index (χ1n) is 12.5. The standard InChI is InChI=1S/C28H37F3N2O5/c1-27(2,3)38-25(34)13-16-33(23-12-8-11-22(19-23)28(29,30)31)17-15-32-24(26(35)36-4)14-18-37-20-21-9-6-5-7-10-21/h5-12,19,24,32H,13-18,20H2,1-4H3/t24-/m1/s1. The van der Waals surface area contributed by atoms with Crippen molar-refractivity contribution >= 4 is 17.6 Å². The van der Waals surface area contributed by atoms with Crippen LogP contribution in [0.15, 0.2) is 54.6 Å². The number of esters is 2. The van der Waals surface area contributed by atoms with E-state index in [1.807, 2.05) is 30.3 Å². The minimum Gasteiger partial charge on any atom is -0.468 e. The van der Waals surface area contributed by atoms with Gasteiger partial charge in [-0.1, -0.05) is 36.4 Å². The molecule has 0 radical (unpaired) electrons. The highest BCUT2D eigenvalue weighted by Gasteiger charge is 2.31. The van der Waals surface area contributed by atoms with Gasteiger partial charge in [0.25, 0.3) is 0 Å². The highest BCUT2D eigenvalue weighted by atomic mass is 19.4. The molecule has 0 aromatic heterocycles. The van der Waals surface area contributed by atoms with Crippen LogP contribution in [0, 0.1) is 0 Å². The van der Waals surface area contributed by atoms with Crippen molar-refractivity contribution in [2.45, 2.75) is 58.0 Å². The molecule has 10 heteroatoms. The van der Waals surface area contributed by atoms with Gasteiger partial charge in [-0.25, -0.2) is 0 Å². The third-order valence-electron chi connectivity index (χ3n) is 5.47. The van der Waals surface area contributed by atoms with Crippen LogP contribution in [0.1, 0.15) is 44.7 Å². The molecular weight excluding hydrogens is 501 g/mol. The lowest BCUT2D eigenvalue weighted by Gasteiger charge is -2.27. The topological polar surface area (TPSA) is 77.1 Å². The number of carbonyl (C=O) groups excluding carboxylic acids is 2. The fourth-order valence-corrected chi connectivity index (χ4v) is 3.65. The van der Waals surface area contributed by atoms with Gasteiger partial charge in [-0.3, -0.25) is 9.59 Å². The molecule has 0 bridgehead atoms. The van der Waals surface area contributed by atoms with E-state index in [2.05, 4.69) is 5.32 Å². The van der Waals surface area contributed by atoms with E-state index in [1.54, 1.807) is 31.7 Å². The lowest BCUT2D eigenvalue weighted by molar-refractivity contribution is -0.154. The first-order valence-corrected chi connectivity index (χ1v) is 12.5. The molecule has 210 valence electrons. The molecule has 0 heterocycles. The molecule has 2 rings (SSSR count). The summed E-state index contributed by atoms with van der Waals surface area (Å²) in [5.41, 5.74) is -0.133. The molecule has 0 unspecified atom stereocenters. The van der Waals surface area contributed by atoms with E-state index in [0.717, 1.165) is 17.7 Å².